The zero-order valence-electron chi connectivity index (χ0n) is 12.2. The van der Waals surface area contributed by atoms with Crippen molar-refractivity contribution < 1.29 is 14.1 Å². The fraction of sp³-hybridized carbons (Fsp3) is 0.143. The maximum atomic E-state index is 12.1. The highest BCUT2D eigenvalue weighted by Crippen LogP contribution is 2.39. The number of nitrogens with zero attached hydrogens (tertiary/aromatic N) is 2. The van der Waals surface area contributed by atoms with Crippen LogP contribution in [-0.4, -0.2) is 26.7 Å². The number of benzene rings is 1. The summed E-state index contributed by atoms with van der Waals surface area (Å²) in [6, 6.07) is 12.0. The summed E-state index contributed by atoms with van der Waals surface area (Å²) >= 11 is 6.51. The van der Waals surface area contributed by atoms with Crippen molar-refractivity contribution in [3.63, 3.8) is 0 Å². The second-order valence-electron chi connectivity index (χ2n) is 4.79. The molecule has 8 nitrogen and oxygen atoms in total. The number of furan rings is 1. The largest absolute Gasteiger partial charge is 0.433 e. The average Bonchev–Trinajstić information content (AvgIpc) is 3.16. The van der Waals surface area contributed by atoms with Crippen molar-refractivity contribution >= 4 is 46.6 Å². The quantitative estimate of drug-likeness (QED) is 0.485. The summed E-state index contributed by atoms with van der Waals surface area (Å²) in [7, 11) is 0. The number of nitrogens with one attached hydrogen (secondary N) is 2. The molecule has 3 rings (SSSR count). The maximum Gasteiger partial charge on any atom is 0.433 e. The first kappa shape index (κ1) is 16.3. The molecule has 1 amide bonds. The molecule has 0 saturated carbocycles. The predicted octanol–water partition coefficient (Wildman–Crippen LogP) is 2.66. The van der Waals surface area contributed by atoms with Gasteiger partial charge in [0.25, 0.3) is 5.91 Å². The van der Waals surface area contributed by atoms with Gasteiger partial charge >= 0.3 is 5.88 Å². The van der Waals surface area contributed by atoms with Gasteiger partial charge in [-0.2, -0.15) is 0 Å². The van der Waals surface area contributed by atoms with E-state index >= 15 is 0 Å². The first-order valence-corrected chi connectivity index (χ1v) is 8.31. The standard InChI is InChI=1S/C14H12N4O4S2/c19-11-8-24-13(10-6-7-12(22-10)18(20)21)17(11)16-14(23)15-9-4-2-1-3-5-9/h1-7,13H,8H2,(H2,15,16,23)/t13-/m1/s1. The summed E-state index contributed by atoms with van der Waals surface area (Å²) in [4.78, 5) is 22.2. The third kappa shape index (κ3) is 3.49. The number of thiocarbonyl (C=S) groups is 1. The summed E-state index contributed by atoms with van der Waals surface area (Å²) in [5, 5.41) is 14.7. The molecule has 1 aliphatic rings. The van der Waals surface area contributed by atoms with Gasteiger partial charge in [0.1, 0.15) is 10.7 Å². The van der Waals surface area contributed by atoms with E-state index in [1.807, 2.05) is 30.3 Å². The molecule has 1 atom stereocenters. The van der Waals surface area contributed by atoms with Gasteiger partial charge < -0.3 is 9.73 Å². The highest BCUT2D eigenvalue weighted by atomic mass is 32.2. The molecule has 0 bridgehead atoms. The van der Waals surface area contributed by atoms with Crippen LogP contribution in [0, 0.1) is 10.1 Å². The van der Waals surface area contributed by atoms with Crippen molar-refractivity contribution in [1.82, 2.24) is 10.4 Å². The Kier molecular flexibility index (Phi) is 4.67. The van der Waals surface area contributed by atoms with E-state index in [2.05, 4.69) is 10.7 Å². The topological polar surface area (TPSA) is 101 Å². The Bertz CT molecular complexity index is 780. The molecule has 1 saturated heterocycles. The number of hydrazine groups is 1. The number of hydrogen-bond donors (Lipinski definition) is 2. The van der Waals surface area contributed by atoms with Crippen LogP contribution < -0.4 is 10.7 Å². The van der Waals surface area contributed by atoms with Gasteiger partial charge in [-0.15, -0.1) is 11.8 Å². The van der Waals surface area contributed by atoms with Crippen LogP contribution >= 0.6 is 24.0 Å². The summed E-state index contributed by atoms with van der Waals surface area (Å²) in [6.45, 7) is 0. The number of hydrogen-bond acceptors (Lipinski definition) is 6. The zero-order valence-corrected chi connectivity index (χ0v) is 13.8. The Morgan fingerprint density at radius 2 is 2.08 bits per heavy atom. The van der Waals surface area contributed by atoms with Gasteiger partial charge in [0.05, 0.1) is 11.8 Å². The van der Waals surface area contributed by atoms with E-state index in [1.165, 1.54) is 28.9 Å². The van der Waals surface area contributed by atoms with E-state index in [1.54, 1.807) is 0 Å². The second-order valence-corrected chi connectivity index (χ2v) is 6.27. The molecule has 2 N–H and O–H groups in total. The molecule has 0 spiro atoms. The van der Waals surface area contributed by atoms with E-state index in [-0.39, 0.29) is 22.7 Å². The average molecular weight is 364 g/mol. The summed E-state index contributed by atoms with van der Waals surface area (Å²) in [5.41, 5.74) is 3.59. The van der Waals surface area contributed by atoms with Gasteiger partial charge in [-0.3, -0.25) is 20.3 Å². The summed E-state index contributed by atoms with van der Waals surface area (Å²) in [6.07, 6.45) is 0. The smallest absolute Gasteiger partial charge is 0.403 e. The molecule has 1 aromatic carbocycles. The fourth-order valence-corrected chi connectivity index (χ4v) is 3.38. The van der Waals surface area contributed by atoms with Crippen molar-refractivity contribution in [3.05, 3.63) is 58.3 Å². The molecule has 0 aliphatic carbocycles. The zero-order chi connectivity index (χ0) is 17.1. The normalized spacial score (nSPS) is 16.9. The molecule has 2 aromatic rings. The Morgan fingerprint density at radius 3 is 2.75 bits per heavy atom. The highest BCUT2D eigenvalue weighted by molar-refractivity contribution is 8.00. The number of carbonyl (C=O) groups excluding carboxylic acids is 1. The van der Waals surface area contributed by atoms with E-state index in [0.29, 0.717) is 5.76 Å². The number of amides is 1. The number of para-hydroxylation sites is 1. The minimum absolute atomic E-state index is 0.193. The molecular weight excluding hydrogens is 352 g/mol. The molecule has 1 aliphatic heterocycles. The van der Waals surface area contributed by atoms with Crippen LogP contribution in [-0.2, 0) is 4.79 Å². The van der Waals surface area contributed by atoms with Crippen LogP contribution in [0.25, 0.3) is 0 Å². The Hall–Kier alpha value is -2.59. The van der Waals surface area contributed by atoms with Gasteiger partial charge in [-0.25, -0.2) is 5.01 Å². The molecule has 0 unspecified atom stereocenters. The Morgan fingerprint density at radius 1 is 1.33 bits per heavy atom. The van der Waals surface area contributed by atoms with Crippen LogP contribution in [0.2, 0.25) is 0 Å². The lowest BCUT2D eigenvalue weighted by Crippen LogP contribution is -2.46. The number of carbonyl (C=O) groups is 1. The molecule has 0 radical (unpaired) electrons. The van der Waals surface area contributed by atoms with E-state index < -0.39 is 10.3 Å². The lowest BCUT2D eigenvalue weighted by Gasteiger charge is -2.24. The van der Waals surface area contributed by atoms with E-state index in [4.69, 9.17) is 16.6 Å². The molecule has 24 heavy (non-hydrogen) atoms. The van der Waals surface area contributed by atoms with Crippen LogP contribution in [0.1, 0.15) is 11.1 Å². The first-order chi connectivity index (χ1) is 11.5. The minimum Gasteiger partial charge on any atom is -0.403 e. The Labute approximate surface area is 146 Å². The number of rotatable bonds is 4. The number of thioether (sulfide) groups is 1. The maximum absolute atomic E-state index is 12.1. The molecule has 124 valence electrons. The third-order valence-electron chi connectivity index (χ3n) is 3.16. The van der Waals surface area contributed by atoms with Crippen molar-refractivity contribution in [2.24, 2.45) is 0 Å². The number of nitro groups is 1. The highest BCUT2D eigenvalue weighted by Gasteiger charge is 2.36. The van der Waals surface area contributed by atoms with Crippen LogP contribution in [0.5, 0.6) is 0 Å². The van der Waals surface area contributed by atoms with Gasteiger partial charge in [0, 0.05) is 5.69 Å². The first-order valence-electron chi connectivity index (χ1n) is 6.85. The third-order valence-corrected chi connectivity index (χ3v) is 4.52. The molecule has 1 aromatic heterocycles. The van der Waals surface area contributed by atoms with Gasteiger partial charge in [-0.1, -0.05) is 18.2 Å². The second kappa shape index (κ2) is 6.89. The van der Waals surface area contributed by atoms with Crippen molar-refractivity contribution in [1.29, 1.82) is 0 Å². The van der Waals surface area contributed by atoms with Crippen LogP contribution in [0.15, 0.2) is 46.9 Å². The fourth-order valence-electron chi connectivity index (χ4n) is 2.12. The SMILES string of the molecule is O=C1CS[C@H](c2ccc([N+](=O)[O-])o2)N1NC(=S)Nc1ccccc1. The molecular formula is C14H12N4O4S2. The van der Waals surface area contributed by atoms with E-state index in [0.717, 1.165) is 5.69 Å². The monoisotopic (exact) mass is 364 g/mol. The predicted molar refractivity (Wildman–Crippen MR) is 93.2 cm³/mol. The minimum atomic E-state index is -0.621. The molecule has 2 heterocycles. The van der Waals surface area contributed by atoms with Crippen molar-refractivity contribution in [2.45, 2.75) is 5.37 Å². The molecule has 10 heteroatoms. The van der Waals surface area contributed by atoms with Crippen LogP contribution in [0.3, 0.4) is 0 Å². The van der Waals surface area contributed by atoms with Gasteiger partial charge in [0.2, 0.25) is 0 Å². The Balaban J connectivity index is 1.71. The van der Waals surface area contributed by atoms with Crippen molar-refractivity contribution in [2.75, 3.05) is 11.1 Å². The lowest BCUT2D eigenvalue weighted by atomic mass is 10.3. The summed E-state index contributed by atoms with van der Waals surface area (Å²) in [5.74, 6) is -0.0242. The van der Waals surface area contributed by atoms with Crippen LogP contribution in [0.4, 0.5) is 11.6 Å². The number of anilines is 1. The summed E-state index contributed by atoms with van der Waals surface area (Å²) < 4.78 is 5.19. The van der Waals surface area contributed by atoms with Crippen molar-refractivity contribution in [3.8, 4) is 0 Å². The van der Waals surface area contributed by atoms with Gasteiger partial charge in [-0.05, 0) is 30.4 Å². The molecule has 1 fully saturated rings. The van der Waals surface area contributed by atoms with E-state index in [9.17, 15) is 14.9 Å². The van der Waals surface area contributed by atoms with Gasteiger partial charge in [0.15, 0.2) is 10.5 Å². The lowest BCUT2D eigenvalue weighted by molar-refractivity contribution is -0.402.